The Morgan fingerprint density at radius 1 is 1.03 bits per heavy atom. The van der Waals surface area contributed by atoms with Crippen molar-refractivity contribution in [2.24, 2.45) is 5.92 Å². The topological polar surface area (TPSA) is 88.9 Å². The molecule has 2 amide bonds. The van der Waals surface area contributed by atoms with Gasteiger partial charge in [-0.2, -0.15) is 18.3 Å². The minimum absolute atomic E-state index is 0.0120. The van der Waals surface area contributed by atoms with E-state index in [1.807, 2.05) is 0 Å². The van der Waals surface area contributed by atoms with E-state index in [9.17, 15) is 22.8 Å². The number of carbonyl (C=O) groups is 2. The monoisotopic (exact) mass is 573 g/mol. The van der Waals surface area contributed by atoms with E-state index in [1.165, 1.54) is 18.3 Å². The quantitative estimate of drug-likeness (QED) is 0.269. The summed E-state index contributed by atoms with van der Waals surface area (Å²) in [5, 5.41) is 10.6. The minimum atomic E-state index is -4.84. The van der Waals surface area contributed by atoms with Crippen molar-refractivity contribution >= 4 is 51.5 Å². The molecule has 2 N–H and O–H groups in total. The number of fused-ring (bicyclic) bond motifs is 1. The first kappa shape index (κ1) is 25.6. The van der Waals surface area contributed by atoms with Gasteiger partial charge in [-0.05, 0) is 55.2 Å². The van der Waals surface area contributed by atoms with Crippen LogP contribution in [0.4, 0.5) is 18.9 Å². The molecule has 2 heterocycles. The molecule has 2 aromatic heterocycles. The van der Waals surface area contributed by atoms with E-state index in [-0.39, 0.29) is 32.7 Å². The van der Waals surface area contributed by atoms with Gasteiger partial charge in [0.1, 0.15) is 5.69 Å². The average molecular weight is 574 g/mol. The van der Waals surface area contributed by atoms with Gasteiger partial charge in [0, 0.05) is 23.2 Å². The fraction of sp³-hybridized carbons (Fsp3) is 0.259. The molecule has 0 unspecified atom stereocenters. The first-order valence-electron chi connectivity index (χ1n) is 12.2. The van der Waals surface area contributed by atoms with Gasteiger partial charge in [0.05, 0.1) is 21.3 Å². The number of hydrogen-bond donors (Lipinski definition) is 2. The van der Waals surface area contributed by atoms with Crippen LogP contribution in [0.5, 0.6) is 0 Å². The fourth-order valence-electron chi connectivity index (χ4n) is 4.86. The highest BCUT2D eigenvalue weighted by molar-refractivity contribution is 6.40. The van der Waals surface area contributed by atoms with E-state index in [1.54, 1.807) is 30.3 Å². The molecule has 2 fully saturated rings. The number of benzene rings is 2. The van der Waals surface area contributed by atoms with E-state index in [0.717, 1.165) is 30.4 Å². The molecule has 2 saturated carbocycles. The summed E-state index contributed by atoms with van der Waals surface area (Å²) in [6.07, 6.45) is 0.309. The number of anilines is 1. The van der Waals surface area contributed by atoms with E-state index in [4.69, 9.17) is 23.2 Å². The molecular weight excluding hydrogens is 554 g/mol. The van der Waals surface area contributed by atoms with Gasteiger partial charge in [0.25, 0.3) is 11.8 Å². The molecule has 0 radical (unpaired) electrons. The molecule has 6 rings (SSSR count). The summed E-state index contributed by atoms with van der Waals surface area (Å²) in [7, 11) is 0. The van der Waals surface area contributed by atoms with Crippen LogP contribution < -0.4 is 10.6 Å². The summed E-state index contributed by atoms with van der Waals surface area (Å²) in [6, 6.07) is 12.2. The standard InChI is InChI=1S/C27H20Cl2F3N5O2/c28-18-6-3-11-33-23(18)37-19(13-20(36-37)27(30,31)32)25(39)34-22-17(12-14-4-1-2-5-16(14)21(22)29)24(38)35-26(9-10-26)15-7-8-15/h1-6,11-13,15H,7-10H2,(H,34,39)(H,35,38). The van der Waals surface area contributed by atoms with Crippen molar-refractivity contribution in [1.82, 2.24) is 20.1 Å². The van der Waals surface area contributed by atoms with Crippen LogP contribution in [0.1, 0.15) is 52.2 Å². The van der Waals surface area contributed by atoms with Gasteiger partial charge in [0.2, 0.25) is 0 Å². The molecule has 0 spiro atoms. The maximum atomic E-state index is 13.6. The predicted molar refractivity (Wildman–Crippen MR) is 140 cm³/mol. The molecule has 7 nitrogen and oxygen atoms in total. The van der Waals surface area contributed by atoms with E-state index < -0.39 is 29.4 Å². The summed E-state index contributed by atoms with van der Waals surface area (Å²) in [5.41, 5.74) is -1.96. The Morgan fingerprint density at radius 2 is 1.77 bits per heavy atom. The molecule has 12 heteroatoms. The van der Waals surface area contributed by atoms with Crippen molar-refractivity contribution in [3.05, 3.63) is 81.7 Å². The summed E-state index contributed by atoms with van der Waals surface area (Å²) >= 11 is 12.9. The van der Waals surface area contributed by atoms with Crippen molar-refractivity contribution in [2.45, 2.75) is 37.4 Å². The number of amides is 2. The number of rotatable bonds is 6. The molecule has 0 saturated heterocycles. The zero-order valence-corrected chi connectivity index (χ0v) is 21.7. The van der Waals surface area contributed by atoms with Crippen LogP contribution in [0, 0.1) is 5.92 Å². The largest absolute Gasteiger partial charge is 0.435 e. The number of pyridine rings is 1. The maximum Gasteiger partial charge on any atom is 0.435 e. The molecule has 39 heavy (non-hydrogen) atoms. The predicted octanol–water partition coefficient (Wildman–Crippen LogP) is 6.67. The second kappa shape index (κ2) is 9.24. The van der Waals surface area contributed by atoms with Crippen LogP contribution in [0.3, 0.4) is 0 Å². The third kappa shape index (κ3) is 4.72. The van der Waals surface area contributed by atoms with Crippen molar-refractivity contribution in [2.75, 3.05) is 5.32 Å². The Labute approximate surface area is 230 Å². The second-order valence-electron chi connectivity index (χ2n) is 9.81. The fourth-order valence-corrected chi connectivity index (χ4v) is 5.38. The van der Waals surface area contributed by atoms with Gasteiger partial charge in [-0.1, -0.05) is 47.5 Å². The minimum Gasteiger partial charge on any atom is -0.346 e. The molecule has 200 valence electrons. The van der Waals surface area contributed by atoms with E-state index >= 15 is 0 Å². The molecule has 2 aromatic carbocycles. The molecule has 0 bridgehead atoms. The van der Waals surface area contributed by atoms with Crippen molar-refractivity contribution in [1.29, 1.82) is 0 Å². The summed E-state index contributed by atoms with van der Waals surface area (Å²) in [6.45, 7) is 0. The molecule has 0 atom stereocenters. The average Bonchev–Trinajstić information content (AvgIpc) is 3.83. The first-order chi connectivity index (χ1) is 18.6. The van der Waals surface area contributed by atoms with E-state index in [2.05, 4.69) is 20.7 Å². The molecule has 2 aliphatic rings. The van der Waals surface area contributed by atoms with Crippen LogP contribution in [0.15, 0.2) is 54.7 Å². The summed E-state index contributed by atoms with van der Waals surface area (Å²) < 4.78 is 41.5. The van der Waals surface area contributed by atoms with Gasteiger partial charge in [-0.25, -0.2) is 9.67 Å². The first-order valence-corrected chi connectivity index (χ1v) is 13.0. The SMILES string of the molecule is O=C(NC1(C2CC2)CC1)c1cc2ccccc2c(Cl)c1NC(=O)c1cc(C(F)(F)F)nn1-c1ncccc1Cl. The normalized spacial score (nSPS) is 16.2. The summed E-state index contributed by atoms with van der Waals surface area (Å²) in [5.74, 6) is -1.13. The van der Waals surface area contributed by atoms with Crippen LogP contribution >= 0.6 is 23.2 Å². The highest BCUT2D eigenvalue weighted by atomic mass is 35.5. The van der Waals surface area contributed by atoms with Gasteiger partial charge in [0.15, 0.2) is 11.5 Å². The second-order valence-corrected chi connectivity index (χ2v) is 10.6. The number of nitrogens with zero attached hydrogens (tertiary/aromatic N) is 3. The lowest BCUT2D eigenvalue weighted by Gasteiger charge is -2.20. The lowest BCUT2D eigenvalue weighted by molar-refractivity contribution is -0.141. The van der Waals surface area contributed by atoms with Crippen LogP contribution in [-0.4, -0.2) is 32.1 Å². The Balaban J connectivity index is 1.43. The van der Waals surface area contributed by atoms with Gasteiger partial charge in [-0.15, -0.1) is 0 Å². The van der Waals surface area contributed by atoms with Crippen LogP contribution in [0.25, 0.3) is 16.6 Å². The molecule has 0 aliphatic heterocycles. The number of aromatic nitrogens is 3. The number of alkyl halides is 3. The lowest BCUT2D eigenvalue weighted by atomic mass is 10.0. The Kier molecular flexibility index (Phi) is 6.07. The van der Waals surface area contributed by atoms with Gasteiger partial charge in [-0.3, -0.25) is 9.59 Å². The Hall–Kier alpha value is -3.63. The zero-order chi connectivity index (χ0) is 27.5. The third-order valence-corrected chi connectivity index (χ3v) is 7.84. The highest BCUT2D eigenvalue weighted by Crippen LogP contribution is 2.54. The molecular formula is C27H20Cl2F3N5O2. The molecule has 2 aliphatic carbocycles. The highest BCUT2D eigenvalue weighted by Gasteiger charge is 2.55. The Morgan fingerprint density at radius 3 is 2.44 bits per heavy atom. The number of hydrogen-bond acceptors (Lipinski definition) is 4. The van der Waals surface area contributed by atoms with E-state index in [0.29, 0.717) is 22.8 Å². The van der Waals surface area contributed by atoms with Crippen LogP contribution in [-0.2, 0) is 6.18 Å². The van der Waals surface area contributed by atoms with Gasteiger partial charge >= 0.3 is 6.18 Å². The smallest absolute Gasteiger partial charge is 0.346 e. The maximum absolute atomic E-state index is 13.6. The third-order valence-electron chi connectivity index (χ3n) is 7.15. The van der Waals surface area contributed by atoms with Crippen molar-refractivity contribution in [3.8, 4) is 5.82 Å². The molecule has 4 aromatic rings. The van der Waals surface area contributed by atoms with Crippen molar-refractivity contribution in [3.63, 3.8) is 0 Å². The van der Waals surface area contributed by atoms with Crippen LogP contribution in [0.2, 0.25) is 10.0 Å². The number of carbonyl (C=O) groups excluding carboxylic acids is 2. The summed E-state index contributed by atoms with van der Waals surface area (Å²) in [4.78, 5) is 31.1. The van der Waals surface area contributed by atoms with Crippen molar-refractivity contribution < 1.29 is 22.8 Å². The Bertz CT molecular complexity index is 1640. The number of nitrogens with one attached hydrogen (secondary N) is 2. The van der Waals surface area contributed by atoms with Gasteiger partial charge < -0.3 is 10.6 Å². The number of halogens is 5. The zero-order valence-electron chi connectivity index (χ0n) is 20.1. The lowest BCUT2D eigenvalue weighted by Crippen LogP contribution is -2.39.